The molecule has 0 unspecified atom stereocenters. The second kappa shape index (κ2) is 6.51. The Balaban J connectivity index is 1.41. The molecule has 9 heteroatoms. The Labute approximate surface area is 181 Å². The highest BCUT2D eigenvalue weighted by molar-refractivity contribution is 6.09. The second-order valence-corrected chi connectivity index (χ2v) is 10.0. The fourth-order valence-electron chi connectivity index (χ4n) is 4.87. The van der Waals surface area contributed by atoms with E-state index >= 15 is 0 Å². The van der Waals surface area contributed by atoms with E-state index < -0.39 is 5.60 Å². The van der Waals surface area contributed by atoms with Crippen LogP contribution in [-0.4, -0.2) is 66.2 Å². The van der Waals surface area contributed by atoms with Gasteiger partial charge in [-0.1, -0.05) is 0 Å². The van der Waals surface area contributed by atoms with Gasteiger partial charge in [0.1, 0.15) is 24.0 Å². The largest absolute Gasteiger partial charge is 0.483 e. The summed E-state index contributed by atoms with van der Waals surface area (Å²) in [5.74, 6) is 1.36. The predicted octanol–water partition coefficient (Wildman–Crippen LogP) is 2.09. The van der Waals surface area contributed by atoms with Gasteiger partial charge in [0.05, 0.1) is 11.2 Å². The molecular weight excluding hydrogens is 398 g/mol. The highest BCUT2D eigenvalue weighted by Crippen LogP contribution is 2.45. The van der Waals surface area contributed by atoms with Crippen LogP contribution >= 0.6 is 0 Å². The number of likely N-dealkylation sites (tertiary alicyclic amines) is 1. The lowest BCUT2D eigenvalue weighted by molar-refractivity contribution is -0.122. The van der Waals surface area contributed by atoms with E-state index in [0.29, 0.717) is 25.5 Å². The molecule has 4 aliphatic heterocycles. The zero-order valence-electron chi connectivity index (χ0n) is 18.7. The van der Waals surface area contributed by atoms with E-state index in [2.05, 4.69) is 34.5 Å². The number of fused-ring (bicyclic) bond motifs is 4. The van der Waals surface area contributed by atoms with Crippen molar-refractivity contribution in [3.8, 4) is 5.75 Å². The molecule has 31 heavy (non-hydrogen) atoms. The molecule has 0 saturated carbocycles. The predicted molar refractivity (Wildman–Crippen MR) is 117 cm³/mol. The molecule has 9 nitrogen and oxygen atoms in total. The first kappa shape index (κ1) is 20.0. The smallest absolute Gasteiger partial charge is 0.410 e. The number of amidine groups is 1. The van der Waals surface area contributed by atoms with Crippen LogP contribution in [-0.2, 0) is 16.0 Å². The van der Waals surface area contributed by atoms with Crippen molar-refractivity contribution in [3.05, 3.63) is 17.7 Å². The lowest BCUT2D eigenvalue weighted by atomic mass is 9.90. The number of anilines is 2. The molecule has 4 heterocycles. The standard InChI is InChI=1S/C22H29N5O4/c1-13-19(28)24-23-18-10-30-17-8-14-6-7-26(15(14)9-16(17)27(13)18)22(5)11-25(12-22)20(29)31-21(2,3)4/h8-9,13H,6-7,10-12H2,1-5H3,(H,24,28)/t13-/m1/s1. The number of rotatable bonds is 1. The summed E-state index contributed by atoms with van der Waals surface area (Å²) < 4.78 is 11.5. The number of ether oxygens (including phenoxy) is 2. The average molecular weight is 428 g/mol. The normalized spacial score (nSPS) is 23.6. The summed E-state index contributed by atoms with van der Waals surface area (Å²) in [5, 5.41) is 4.18. The van der Waals surface area contributed by atoms with Crippen molar-refractivity contribution in [2.75, 3.05) is 36.0 Å². The van der Waals surface area contributed by atoms with Gasteiger partial charge in [0.25, 0.3) is 5.91 Å². The number of nitrogens with one attached hydrogen (secondary N) is 1. The summed E-state index contributed by atoms with van der Waals surface area (Å²) in [6.07, 6.45) is 0.655. The maximum Gasteiger partial charge on any atom is 0.410 e. The van der Waals surface area contributed by atoms with Crippen LogP contribution in [0.1, 0.15) is 40.2 Å². The first-order valence-corrected chi connectivity index (χ1v) is 10.8. The van der Waals surface area contributed by atoms with Gasteiger partial charge >= 0.3 is 6.09 Å². The molecule has 1 saturated heterocycles. The van der Waals surface area contributed by atoms with Crippen LogP contribution in [0.2, 0.25) is 0 Å². The quantitative estimate of drug-likeness (QED) is 0.739. The Hall–Kier alpha value is -2.97. The monoisotopic (exact) mass is 427 g/mol. The van der Waals surface area contributed by atoms with Crippen molar-refractivity contribution in [1.82, 2.24) is 10.3 Å². The van der Waals surface area contributed by atoms with Crippen molar-refractivity contribution in [1.29, 1.82) is 0 Å². The Bertz CT molecular complexity index is 992. The fraction of sp³-hybridized carbons (Fsp3) is 0.591. The summed E-state index contributed by atoms with van der Waals surface area (Å²) in [7, 11) is 0. The minimum atomic E-state index is -0.501. The molecular formula is C22H29N5O4. The van der Waals surface area contributed by atoms with E-state index in [1.807, 2.05) is 32.6 Å². The Morgan fingerprint density at radius 3 is 2.74 bits per heavy atom. The van der Waals surface area contributed by atoms with Gasteiger partial charge in [-0.25, -0.2) is 10.2 Å². The number of hydrazone groups is 1. The number of carbonyl (C=O) groups is 2. The summed E-state index contributed by atoms with van der Waals surface area (Å²) in [4.78, 5) is 30.7. The molecule has 0 radical (unpaired) electrons. The highest BCUT2D eigenvalue weighted by Gasteiger charge is 2.49. The third-order valence-corrected chi connectivity index (χ3v) is 6.38. The fourth-order valence-corrected chi connectivity index (χ4v) is 4.87. The van der Waals surface area contributed by atoms with Crippen molar-refractivity contribution >= 4 is 29.2 Å². The number of hydrogen-bond donors (Lipinski definition) is 1. The Kier molecular flexibility index (Phi) is 4.19. The van der Waals surface area contributed by atoms with Gasteiger partial charge in [-0.3, -0.25) is 4.79 Å². The average Bonchev–Trinajstić information content (AvgIpc) is 3.08. The summed E-state index contributed by atoms with van der Waals surface area (Å²) in [6, 6.07) is 3.85. The van der Waals surface area contributed by atoms with Gasteiger partial charge < -0.3 is 24.2 Å². The van der Waals surface area contributed by atoms with Crippen molar-refractivity contribution in [2.24, 2.45) is 5.10 Å². The van der Waals surface area contributed by atoms with Gasteiger partial charge in [0.15, 0.2) is 5.84 Å². The number of amides is 2. The van der Waals surface area contributed by atoms with Crippen LogP contribution in [0.15, 0.2) is 17.2 Å². The molecule has 1 fully saturated rings. The molecule has 0 spiro atoms. The molecule has 1 atom stereocenters. The van der Waals surface area contributed by atoms with E-state index in [1.54, 1.807) is 4.90 Å². The lowest BCUT2D eigenvalue weighted by Gasteiger charge is -2.53. The Morgan fingerprint density at radius 2 is 2.03 bits per heavy atom. The molecule has 1 aromatic rings. The number of benzene rings is 1. The van der Waals surface area contributed by atoms with E-state index in [-0.39, 0.29) is 23.6 Å². The van der Waals surface area contributed by atoms with E-state index in [0.717, 1.165) is 30.1 Å². The summed E-state index contributed by atoms with van der Waals surface area (Å²) >= 11 is 0. The van der Waals surface area contributed by atoms with Crippen molar-refractivity contribution < 1.29 is 19.1 Å². The third kappa shape index (κ3) is 3.18. The van der Waals surface area contributed by atoms with Crippen molar-refractivity contribution in [2.45, 2.75) is 58.2 Å². The molecule has 5 rings (SSSR count). The molecule has 4 aliphatic rings. The van der Waals surface area contributed by atoms with Crippen LogP contribution < -0.4 is 20.0 Å². The molecule has 1 N–H and O–H groups in total. The van der Waals surface area contributed by atoms with Gasteiger partial charge in [0, 0.05) is 25.3 Å². The first-order valence-electron chi connectivity index (χ1n) is 10.8. The first-order chi connectivity index (χ1) is 14.6. The molecule has 1 aromatic carbocycles. The topological polar surface area (TPSA) is 86.7 Å². The maximum absolute atomic E-state index is 12.4. The minimum absolute atomic E-state index is 0.132. The summed E-state index contributed by atoms with van der Waals surface area (Å²) in [5.41, 5.74) is 5.13. The Morgan fingerprint density at radius 1 is 1.29 bits per heavy atom. The molecule has 2 amide bonds. The number of carbonyl (C=O) groups excluding carboxylic acids is 2. The minimum Gasteiger partial charge on any atom is -0.483 e. The third-order valence-electron chi connectivity index (χ3n) is 6.38. The van der Waals surface area contributed by atoms with Crippen molar-refractivity contribution in [3.63, 3.8) is 0 Å². The number of hydrogen-bond acceptors (Lipinski definition) is 7. The van der Waals surface area contributed by atoms with Crippen LogP contribution in [0, 0.1) is 0 Å². The van der Waals surface area contributed by atoms with Gasteiger partial charge in [0.2, 0.25) is 0 Å². The molecule has 166 valence electrons. The second-order valence-electron chi connectivity index (χ2n) is 10.0. The molecule has 0 aliphatic carbocycles. The zero-order chi connectivity index (χ0) is 22.1. The van der Waals surface area contributed by atoms with E-state index in [4.69, 9.17) is 9.47 Å². The van der Waals surface area contributed by atoms with Gasteiger partial charge in [-0.15, -0.1) is 0 Å². The van der Waals surface area contributed by atoms with Gasteiger partial charge in [-0.2, -0.15) is 5.10 Å². The zero-order valence-corrected chi connectivity index (χ0v) is 18.7. The number of nitrogens with zero attached hydrogens (tertiary/aromatic N) is 4. The van der Waals surface area contributed by atoms with Gasteiger partial charge in [-0.05, 0) is 58.7 Å². The van der Waals surface area contributed by atoms with Crippen LogP contribution in [0.4, 0.5) is 16.2 Å². The SMILES string of the molecule is C[C@@H]1C(=O)NN=C2COc3cc4c(cc3N21)N(C1(C)CN(C(=O)OC(C)(C)C)C1)CC4. The van der Waals surface area contributed by atoms with E-state index in [1.165, 1.54) is 5.56 Å². The van der Waals surface area contributed by atoms with Crippen LogP contribution in [0.5, 0.6) is 5.75 Å². The summed E-state index contributed by atoms with van der Waals surface area (Å²) in [6.45, 7) is 12.1. The van der Waals surface area contributed by atoms with Crippen LogP contribution in [0.3, 0.4) is 0 Å². The lowest BCUT2D eigenvalue weighted by Crippen LogP contribution is -2.70. The van der Waals surface area contributed by atoms with E-state index in [9.17, 15) is 9.59 Å². The maximum atomic E-state index is 12.4. The van der Waals surface area contributed by atoms with Crippen LogP contribution in [0.25, 0.3) is 0 Å². The molecule has 0 bridgehead atoms. The molecule has 0 aromatic heterocycles. The highest BCUT2D eigenvalue weighted by atomic mass is 16.6.